The molecule has 0 N–H and O–H groups in total. The molecule has 2 aliphatic rings. The van der Waals surface area contributed by atoms with Crippen LogP contribution in [0.15, 0.2) is 36.4 Å². The van der Waals surface area contributed by atoms with Crippen LogP contribution in [0.5, 0.6) is 23.0 Å². The molecule has 0 aromatic heterocycles. The van der Waals surface area contributed by atoms with Crippen molar-refractivity contribution >= 4 is 23.1 Å². The van der Waals surface area contributed by atoms with E-state index in [1.807, 2.05) is 29.2 Å². The summed E-state index contributed by atoms with van der Waals surface area (Å²) in [5.74, 6) is 2.77. The van der Waals surface area contributed by atoms with E-state index in [2.05, 4.69) is 6.08 Å². The number of methoxy groups -OCH3 is 3. The highest BCUT2D eigenvalue weighted by Crippen LogP contribution is 2.41. The van der Waals surface area contributed by atoms with Gasteiger partial charge in [0.25, 0.3) is 0 Å². The van der Waals surface area contributed by atoms with Crippen LogP contribution in [0, 0.1) is 5.92 Å². The molecule has 7 heteroatoms. The summed E-state index contributed by atoms with van der Waals surface area (Å²) in [5.41, 5.74) is 2.98. The number of hydrogen-bond donors (Lipinski definition) is 0. The Labute approximate surface area is 187 Å². The summed E-state index contributed by atoms with van der Waals surface area (Å²) in [7, 11) is 4.87. The van der Waals surface area contributed by atoms with Gasteiger partial charge in [-0.15, -0.1) is 0 Å². The van der Waals surface area contributed by atoms with E-state index in [9.17, 15) is 4.79 Å². The van der Waals surface area contributed by atoms with Crippen molar-refractivity contribution in [2.45, 2.75) is 12.8 Å². The molecule has 1 amide bonds. The Morgan fingerprint density at radius 1 is 1.10 bits per heavy atom. The second-order valence-corrected chi connectivity index (χ2v) is 8.07. The summed E-state index contributed by atoms with van der Waals surface area (Å²) in [6.07, 6.45) is 3.42. The number of nitrogens with zero attached hydrogens (tertiary/aromatic N) is 1. The maximum Gasteiger partial charge on any atom is 0.229 e. The number of ether oxygens (including phenoxy) is 4. The SMILES string of the molecule is COc1cc(OC)c(C2=CCN(C(=O)[C@H]3COc4ccc(Cl)cc4C3)CC2)c(OC)c1. The van der Waals surface area contributed by atoms with Crippen LogP contribution in [-0.2, 0) is 11.2 Å². The van der Waals surface area contributed by atoms with E-state index >= 15 is 0 Å². The quantitative estimate of drug-likeness (QED) is 0.692. The van der Waals surface area contributed by atoms with Crippen LogP contribution in [0.25, 0.3) is 5.57 Å². The lowest BCUT2D eigenvalue weighted by Gasteiger charge is -2.32. The summed E-state index contributed by atoms with van der Waals surface area (Å²) in [6.45, 7) is 1.55. The molecule has 0 saturated heterocycles. The van der Waals surface area contributed by atoms with Crippen LogP contribution >= 0.6 is 11.6 Å². The first-order chi connectivity index (χ1) is 15.0. The molecule has 1 atom stereocenters. The normalized spacial score (nSPS) is 17.9. The van der Waals surface area contributed by atoms with Crippen LogP contribution in [0.2, 0.25) is 5.02 Å². The number of carbonyl (C=O) groups excluding carboxylic acids is 1. The first kappa shape index (κ1) is 21.4. The lowest BCUT2D eigenvalue weighted by Crippen LogP contribution is -2.42. The molecule has 2 heterocycles. The Morgan fingerprint density at radius 3 is 2.45 bits per heavy atom. The fourth-order valence-electron chi connectivity index (χ4n) is 4.20. The number of hydrogen-bond acceptors (Lipinski definition) is 5. The van der Waals surface area contributed by atoms with Gasteiger partial charge in [-0.3, -0.25) is 4.79 Å². The van der Waals surface area contributed by atoms with Crippen molar-refractivity contribution in [2.75, 3.05) is 41.0 Å². The first-order valence-electron chi connectivity index (χ1n) is 10.2. The summed E-state index contributed by atoms with van der Waals surface area (Å²) in [5, 5.41) is 0.656. The lowest BCUT2D eigenvalue weighted by molar-refractivity contribution is -0.136. The van der Waals surface area contributed by atoms with Gasteiger partial charge in [-0.1, -0.05) is 17.7 Å². The van der Waals surface area contributed by atoms with Gasteiger partial charge in [0.05, 0.1) is 32.8 Å². The Balaban J connectivity index is 1.50. The highest BCUT2D eigenvalue weighted by Gasteiger charge is 2.31. The summed E-state index contributed by atoms with van der Waals surface area (Å²) < 4.78 is 22.3. The monoisotopic (exact) mass is 443 g/mol. The zero-order valence-electron chi connectivity index (χ0n) is 17.9. The number of fused-ring (bicyclic) bond motifs is 1. The fourth-order valence-corrected chi connectivity index (χ4v) is 4.39. The van der Waals surface area contributed by atoms with Gasteiger partial charge in [0.1, 0.15) is 29.6 Å². The minimum absolute atomic E-state index is 0.106. The van der Waals surface area contributed by atoms with Crippen molar-refractivity contribution in [1.82, 2.24) is 4.90 Å². The minimum atomic E-state index is -0.203. The molecule has 0 unspecified atom stereocenters. The van der Waals surface area contributed by atoms with E-state index in [0.29, 0.717) is 54.8 Å². The van der Waals surface area contributed by atoms with E-state index in [-0.39, 0.29) is 11.8 Å². The van der Waals surface area contributed by atoms with E-state index in [4.69, 9.17) is 30.5 Å². The molecule has 4 rings (SSSR count). The first-order valence-corrected chi connectivity index (χ1v) is 10.6. The molecule has 164 valence electrons. The molecule has 0 radical (unpaired) electrons. The molecule has 2 aliphatic heterocycles. The number of amides is 1. The Bertz CT molecular complexity index is 994. The van der Waals surface area contributed by atoms with E-state index < -0.39 is 0 Å². The summed E-state index contributed by atoms with van der Waals surface area (Å²) in [4.78, 5) is 15.0. The van der Waals surface area contributed by atoms with Gasteiger partial charge in [0, 0.05) is 30.2 Å². The van der Waals surface area contributed by atoms with Gasteiger partial charge in [0.15, 0.2) is 0 Å². The smallest absolute Gasteiger partial charge is 0.229 e. The van der Waals surface area contributed by atoms with Gasteiger partial charge in [-0.05, 0) is 42.2 Å². The van der Waals surface area contributed by atoms with E-state index in [0.717, 1.165) is 22.4 Å². The predicted molar refractivity (Wildman–Crippen MR) is 119 cm³/mol. The number of rotatable bonds is 5. The van der Waals surface area contributed by atoms with Crippen LogP contribution in [0.1, 0.15) is 17.5 Å². The largest absolute Gasteiger partial charge is 0.496 e. The number of carbonyl (C=O) groups is 1. The van der Waals surface area contributed by atoms with Crippen LogP contribution in [0.3, 0.4) is 0 Å². The van der Waals surface area contributed by atoms with Crippen LogP contribution in [-0.4, -0.2) is 51.8 Å². The lowest BCUT2D eigenvalue weighted by atomic mass is 9.93. The number of benzene rings is 2. The predicted octanol–water partition coefficient (Wildman–Crippen LogP) is 4.23. The Hall–Kier alpha value is -2.86. The maximum absolute atomic E-state index is 13.1. The third-order valence-electron chi connectivity index (χ3n) is 5.84. The molecular formula is C24H26ClNO5. The molecule has 2 aromatic rings. The van der Waals surface area contributed by atoms with Crippen molar-refractivity contribution in [3.8, 4) is 23.0 Å². The zero-order chi connectivity index (χ0) is 22.0. The van der Waals surface area contributed by atoms with Crippen LogP contribution < -0.4 is 18.9 Å². The molecule has 2 aromatic carbocycles. The van der Waals surface area contributed by atoms with Crippen molar-refractivity contribution < 1.29 is 23.7 Å². The Kier molecular flexibility index (Phi) is 6.28. The molecular weight excluding hydrogens is 418 g/mol. The molecule has 0 saturated carbocycles. The van der Waals surface area contributed by atoms with Crippen LogP contribution in [0.4, 0.5) is 0 Å². The third kappa shape index (κ3) is 4.30. The van der Waals surface area contributed by atoms with Crippen molar-refractivity contribution in [1.29, 1.82) is 0 Å². The van der Waals surface area contributed by atoms with Gasteiger partial charge in [-0.2, -0.15) is 0 Å². The molecule has 0 fully saturated rings. The fraction of sp³-hybridized carbons (Fsp3) is 0.375. The van der Waals surface area contributed by atoms with Gasteiger partial charge in [-0.25, -0.2) is 0 Å². The summed E-state index contributed by atoms with van der Waals surface area (Å²) >= 11 is 6.11. The number of halogens is 1. The highest BCUT2D eigenvalue weighted by molar-refractivity contribution is 6.30. The Morgan fingerprint density at radius 2 is 1.84 bits per heavy atom. The summed E-state index contributed by atoms with van der Waals surface area (Å²) in [6, 6.07) is 9.24. The van der Waals surface area contributed by atoms with Crippen molar-refractivity contribution in [3.05, 3.63) is 52.6 Å². The minimum Gasteiger partial charge on any atom is -0.496 e. The molecule has 6 nitrogen and oxygen atoms in total. The van der Waals surface area contributed by atoms with E-state index in [1.165, 1.54) is 0 Å². The van der Waals surface area contributed by atoms with Gasteiger partial charge >= 0.3 is 0 Å². The topological polar surface area (TPSA) is 57.2 Å². The second kappa shape index (κ2) is 9.10. The van der Waals surface area contributed by atoms with Crippen molar-refractivity contribution in [3.63, 3.8) is 0 Å². The average Bonchev–Trinajstić information content (AvgIpc) is 2.82. The standard InChI is InChI=1S/C24H26ClNO5/c1-28-19-12-21(29-2)23(22(13-19)30-3)15-6-8-26(9-7-15)24(27)17-10-16-11-18(25)4-5-20(16)31-14-17/h4-6,11-13,17H,7-10,14H2,1-3H3/t17-/m1/s1. The van der Waals surface area contributed by atoms with E-state index in [1.54, 1.807) is 27.4 Å². The highest BCUT2D eigenvalue weighted by atomic mass is 35.5. The second-order valence-electron chi connectivity index (χ2n) is 7.63. The van der Waals surface area contributed by atoms with Gasteiger partial charge in [0.2, 0.25) is 5.91 Å². The van der Waals surface area contributed by atoms with Crippen molar-refractivity contribution in [2.24, 2.45) is 5.92 Å². The molecule has 0 aliphatic carbocycles. The molecule has 0 spiro atoms. The third-order valence-corrected chi connectivity index (χ3v) is 6.07. The molecule has 31 heavy (non-hydrogen) atoms. The molecule has 0 bridgehead atoms. The van der Waals surface area contributed by atoms with Gasteiger partial charge < -0.3 is 23.8 Å². The maximum atomic E-state index is 13.1. The zero-order valence-corrected chi connectivity index (χ0v) is 18.7. The average molecular weight is 444 g/mol.